The molecular formula is C50H28N4O. The molecule has 0 spiro atoms. The van der Waals surface area contributed by atoms with Crippen LogP contribution in [-0.2, 0) is 0 Å². The van der Waals surface area contributed by atoms with Gasteiger partial charge >= 0.3 is 0 Å². The molecule has 254 valence electrons. The molecular weight excluding hydrogens is 673 g/mol. The normalized spacial score (nSPS) is 12.4. The van der Waals surface area contributed by atoms with E-state index >= 15 is 0 Å². The van der Waals surface area contributed by atoms with Gasteiger partial charge in [0.15, 0.2) is 17.2 Å². The molecule has 5 heterocycles. The number of furan rings is 1. The zero-order chi connectivity index (χ0) is 35.8. The summed E-state index contributed by atoms with van der Waals surface area (Å²) in [6.07, 6.45) is 0. The maximum atomic E-state index is 6.74. The van der Waals surface area contributed by atoms with Crippen LogP contribution in [0.4, 0.5) is 0 Å². The molecule has 5 aromatic heterocycles. The topological polar surface area (TPSA) is 48.3 Å². The Labute approximate surface area is 313 Å². The average molecular weight is 701 g/mol. The number of rotatable bonds is 3. The fourth-order valence-electron chi connectivity index (χ4n) is 9.22. The van der Waals surface area contributed by atoms with Crippen molar-refractivity contribution < 1.29 is 4.42 Å². The third-order valence-electron chi connectivity index (χ3n) is 11.6. The molecule has 0 radical (unpaired) electrons. The van der Waals surface area contributed by atoms with E-state index in [2.05, 4.69) is 155 Å². The molecule has 0 saturated heterocycles. The second-order valence-electron chi connectivity index (χ2n) is 14.6. The summed E-state index contributed by atoms with van der Waals surface area (Å²) < 4.78 is 11.5. The number of para-hydroxylation sites is 3. The van der Waals surface area contributed by atoms with Crippen molar-refractivity contribution in [3.05, 3.63) is 170 Å². The van der Waals surface area contributed by atoms with E-state index in [0.29, 0.717) is 11.4 Å². The molecule has 0 saturated carbocycles. The summed E-state index contributed by atoms with van der Waals surface area (Å²) in [6, 6.07) is 60.5. The van der Waals surface area contributed by atoms with Crippen LogP contribution in [0.3, 0.4) is 0 Å². The van der Waals surface area contributed by atoms with Gasteiger partial charge in [0.05, 0.1) is 27.6 Å². The summed E-state index contributed by atoms with van der Waals surface area (Å²) in [7, 11) is 0. The van der Waals surface area contributed by atoms with E-state index in [-0.39, 0.29) is 0 Å². The smallest absolute Gasteiger partial charge is 0.197 e. The molecule has 13 rings (SSSR count). The van der Waals surface area contributed by atoms with E-state index in [1.807, 2.05) is 24.3 Å². The van der Waals surface area contributed by atoms with E-state index in [9.17, 15) is 0 Å². The summed E-state index contributed by atoms with van der Waals surface area (Å²) in [5.41, 5.74) is 11.3. The van der Waals surface area contributed by atoms with Crippen molar-refractivity contribution in [1.29, 1.82) is 0 Å². The van der Waals surface area contributed by atoms with Crippen molar-refractivity contribution in [2.75, 3.05) is 0 Å². The first kappa shape index (κ1) is 29.0. The standard InChI is InChI=1S/C50H28N4O/c1-2-12-29(13-3-1)30-22-24-31(25-23-30)49-51-46-36-18-8-11-21-43(36)55-48(46)50(52-49)54-40-20-10-6-16-34(40)44-42(54)28-38-37-26-32-14-4-5-15-33(32)27-41(37)53-39-19-9-7-17-35(39)45(44)47(38)53/h1-28H. The second-order valence-corrected chi connectivity index (χ2v) is 14.6. The van der Waals surface area contributed by atoms with Gasteiger partial charge in [-0.2, -0.15) is 0 Å². The molecule has 0 atom stereocenters. The van der Waals surface area contributed by atoms with E-state index in [0.717, 1.165) is 44.5 Å². The third kappa shape index (κ3) is 3.86. The molecule has 0 aliphatic heterocycles. The minimum atomic E-state index is 0.652. The predicted molar refractivity (Wildman–Crippen MR) is 227 cm³/mol. The van der Waals surface area contributed by atoms with Crippen LogP contribution in [0.2, 0.25) is 0 Å². The molecule has 13 aromatic rings. The highest BCUT2D eigenvalue weighted by Crippen LogP contribution is 2.48. The lowest BCUT2D eigenvalue weighted by atomic mass is 10.0. The lowest BCUT2D eigenvalue weighted by molar-refractivity contribution is 0.662. The number of benzene rings is 8. The Kier molecular flexibility index (Phi) is 5.57. The molecule has 0 aliphatic carbocycles. The van der Waals surface area contributed by atoms with Crippen LogP contribution in [0.25, 0.3) is 121 Å². The summed E-state index contributed by atoms with van der Waals surface area (Å²) in [6.45, 7) is 0. The predicted octanol–water partition coefficient (Wildman–Crippen LogP) is 13.1. The average Bonchev–Trinajstić information content (AvgIpc) is 3.98. The van der Waals surface area contributed by atoms with Gasteiger partial charge in [-0.05, 0) is 64.4 Å². The highest BCUT2D eigenvalue weighted by Gasteiger charge is 2.27. The van der Waals surface area contributed by atoms with Crippen molar-refractivity contribution >= 4 is 92.7 Å². The molecule has 0 unspecified atom stereocenters. The largest absolute Gasteiger partial charge is 0.450 e. The van der Waals surface area contributed by atoms with Crippen LogP contribution < -0.4 is 0 Å². The maximum absolute atomic E-state index is 6.74. The van der Waals surface area contributed by atoms with E-state index in [1.165, 1.54) is 65.2 Å². The van der Waals surface area contributed by atoms with Gasteiger partial charge in [-0.25, -0.2) is 9.97 Å². The minimum absolute atomic E-state index is 0.652. The number of fused-ring (bicyclic) bond motifs is 14. The van der Waals surface area contributed by atoms with Crippen LogP contribution in [0, 0.1) is 0 Å². The fourth-order valence-corrected chi connectivity index (χ4v) is 9.22. The van der Waals surface area contributed by atoms with Gasteiger partial charge in [0.2, 0.25) is 0 Å². The molecule has 0 amide bonds. The van der Waals surface area contributed by atoms with Crippen LogP contribution >= 0.6 is 0 Å². The number of nitrogens with zero attached hydrogens (tertiary/aromatic N) is 4. The SMILES string of the molecule is c1ccc(-c2ccc(-c3nc(-n4c5ccccc5c5c6c7ccccc7n7c8cc9ccccc9cc8c(cc54)c67)c4oc5ccccc5c4n3)cc2)cc1. The lowest BCUT2D eigenvalue weighted by Gasteiger charge is -2.11. The van der Waals surface area contributed by atoms with Gasteiger partial charge in [-0.3, -0.25) is 4.57 Å². The number of hydrogen-bond acceptors (Lipinski definition) is 3. The quantitative estimate of drug-likeness (QED) is 0.184. The highest BCUT2D eigenvalue weighted by atomic mass is 16.3. The van der Waals surface area contributed by atoms with E-state index in [1.54, 1.807) is 0 Å². The zero-order valence-electron chi connectivity index (χ0n) is 29.4. The third-order valence-corrected chi connectivity index (χ3v) is 11.6. The van der Waals surface area contributed by atoms with E-state index < -0.39 is 0 Å². The Balaban J connectivity index is 1.19. The van der Waals surface area contributed by atoms with Gasteiger partial charge in [-0.15, -0.1) is 0 Å². The van der Waals surface area contributed by atoms with Gasteiger partial charge in [0, 0.05) is 43.3 Å². The van der Waals surface area contributed by atoms with Crippen molar-refractivity contribution in [3.63, 3.8) is 0 Å². The van der Waals surface area contributed by atoms with Crippen LogP contribution in [0.1, 0.15) is 0 Å². The molecule has 0 fully saturated rings. The Morgan fingerprint density at radius 2 is 1.05 bits per heavy atom. The van der Waals surface area contributed by atoms with Crippen LogP contribution in [0.15, 0.2) is 174 Å². The number of aromatic nitrogens is 4. The summed E-state index contributed by atoms with van der Waals surface area (Å²) in [5.74, 6) is 1.38. The number of hydrogen-bond donors (Lipinski definition) is 0. The van der Waals surface area contributed by atoms with Crippen molar-refractivity contribution in [3.8, 4) is 28.3 Å². The molecule has 5 nitrogen and oxygen atoms in total. The van der Waals surface area contributed by atoms with Crippen LogP contribution in [-0.4, -0.2) is 18.9 Å². The molecule has 0 N–H and O–H groups in total. The first-order chi connectivity index (χ1) is 27.3. The Morgan fingerprint density at radius 1 is 0.418 bits per heavy atom. The summed E-state index contributed by atoms with van der Waals surface area (Å²) in [4.78, 5) is 10.7. The molecule has 55 heavy (non-hydrogen) atoms. The van der Waals surface area contributed by atoms with Crippen molar-refractivity contribution in [1.82, 2.24) is 18.9 Å². The lowest BCUT2D eigenvalue weighted by Crippen LogP contribution is -2.01. The first-order valence-corrected chi connectivity index (χ1v) is 18.7. The Bertz CT molecular complexity index is 3700. The van der Waals surface area contributed by atoms with Crippen molar-refractivity contribution in [2.45, 2.75) is 0 Å². The van der Waals surface area contributed by atoms with Crippen LogP contribution in [0.5, 0.6) is 0 Å². The monoisotopic (exact) mass is 700 g/mol. The fraction of sp³-hybridized carbons (Fsp3) is 0. The Hall–Kier alpha value is -7.50. The van der Waals surface area contributed by atoms with Gasteiger partial charge in [-0.1, -0.05) is 127 Å². The molecule has 0 aliphatic rings. The summed E-state index contributed by atoms with van der Waals surface area (Å²) in [5, 5.41) is 10.8. The summed E-state index contributed by atoms with van der Waals surface area (Å²) >= 11 is 0. The molecule has 8 aromatic carbocycles. The minimum Gasteiger partial charge on any atom is -0.450 e. The second kappa shape index (κ2) is 10.6. The Morgan fingerprint density at radius 3 is 1.87 bits per heavy atom. The molecule has 5 heteroatoms. The highest BCUT2D eigenvalue weighted by molar-refractivity contribution is 6.36. The van der Waals surface area contributed by atoms with E-state index in [4.69, 9.17) is 14.4 Å². The van der Waals surface area contributed by atoms with Gasteiger partial charge in [0.25, 0.3) is 0 Å². The van der Waals surface area contributed by atoms with Crippen molar-refractivity contribution in [2.24, 2.45) is 0 Å². The maximum Gasteiger partial charge on any atom is 0.197 e. The van der Waals surface area contributed by atoms with Gasteiger partial charge in [0.1, 0.15) is 11.1 Å². The van der Waals surface area contributed by atoms with Gasteiger partial charge < -0.3 is 8.82 Å². The first-order valence-electron chi connectivity index (χ1n) is 18.7. The zero-order valence-corrected chi connectivity index (χ0v) is 29.4. The molecule has 0 bridgehead atoms.